The first-order valence-corrected chi connectivity index (χ1v) is 17.3. The number of hydrogen-bond donors (Lipinski definition) is 0. The quantitative estimate of drug-likeness (QED) is 0.158. The fourth-order valence-electron chi connectivity index (χ4n) is 6.83. The van der Waals surface area contributed by atoms with Crippen LogP contribution < -0.4 is 14.2 Å². The minimum absolute atomic E-state index is 0.144. The first kappa shape index (κ1) is 32.9. The van der Waals surface area contributed by atoms with E-state index in [-0.39, 0.29) is 16.2 Å². The van der Waals surface area contributed by atoms with E-state index in [1.807, 2.05) is 0 Å². The Kier molecular flexibility index (Phi) is 9.98. The van der Waals surface area contributed by atoms with Gasteiger partial charge in [0.1, 0.15) is 17.2 Å². The summed E-state index contributed by atoms with van der Waals surface area (Å²) in [7, 11) is 0. The van der Waals surface area contributed by atoms with E-state index in [0.29, 0.717) is 13.2 Å². The van der Waals surface area contributed by atoms with Crippen molar-refractivity contribution in [3.63, 3.8) is 0 Å². The predicted molar refractivity (Wildman–Crippen MR) is 181 cm³/mol. The van der Waals surface area contributed by atoms with Gasteiger partial charge in [-0.15, -0.1) is 0 Å². The van der Waals surface area contributed by atoms with E-state index in [4.69, 9.17) is 28.4 Å². The summed E-state index contributed by atoms with van der Waals surface area (Å²) >= 11 is 0. The minimum Gasteiger partial charge on any atom is -0.493 e. The van der Waals surface area contributed by atoms with Gasteiger partial charge in [0.2, 0.25) is 0 Å². The lowest BCUT2D eigenvalue weighted by Gasteiger charge is -2.40. The van der Waals surface area contributed by atoms with Crippen LogP contribution in [0.2, 0.25) is 0 Å². The molecule has 6 heteroatoms. The standard InChI is InChI=1S/C40H52O6/c1-5-38(20-22-41-23-21-38)28-44-34-14-8-31(9-15-34)37(4,32-10-16-35(17-11-32)45-29-39(6-2)24-42-25-39)33-12-18-36(19-13-33)46-30-40(7-3)26-43-27-40/h8-19H,5-7,20-30H2,1-4H3. The van der Waals surface area contributed by atoms with Crippen LogP contribution in [0.1, 0.15) is 76.5 Å². The van der Waals surface area contributed by atoms with Gasteiger partial charge in [0, 0.05) is 24.0 Å². The van der Waals surface area contributed by atoms with Gasteiger partial charge in [-0.3, -0.25) is 0 Å². The van der Waals surface area contributed by atoms with E-state index >= 15 is 0 Å². The lowest BCUT2D eigenvalue weighted by Crippen LogP contribution is -2.46. The molecule has 3 aromatic carbocycles. The lowest BCUT2D eigenvalue weighted by atomic mass is 9.71. The Balaban J connectivity index is 1.23. The molecular formula is C40H52O6. The van der Waals surface area contributed by atoms with Crippen LogP contribution in [0.5, 0.6) is 17.2 Å². The van der Waals surface area contributed by atoms with Crippen molar-refractivity contribution in [3.8, 4) is 17.2 Å². The van der Waals surface area contributed by atoms with Crippen molar-refractivity contribution in [3.05, 3.63) is 89.5 Å². The number of benzene rings is 3. The second kappa shape index (κ2) is 14.0. The van der Waals surface area contributed by atoms with Crippen molar-refractivity contribution in [1.29, 1.82) is 0 Å². The van der Waals surface area contributed by atoms with Crippen LogP contribution in [-0.4, -0.2) is 59.5 Å². The Bertz CT molecular complexity index is 1300. The topological polar surface area (TPSA) is 55.4 Å². The first-order valence-electron chi connectivity index (χ1n) is 17.3. The highest BCUT2D eigenvalue weighted by Crippen LogP contribution is 2.42. The second-order valence-corrected chi connectivity index (χ2v) is 14.2. The molecule has 0 unspecified atom stereocenters. The van der Waals surface area contributed by atoms with Crippen LogP contribution in [0.3, 0.4) is 0 Å². The summed E-state index contributed by atoms with van der Waals surface area (Å²) < 4.78 is 35.5. The zero-order valence-electron chi connectivity index (χ0n) is 28.3. The van der Waals surface area contributed by atoms with Crippen molar-refractivity contribution in [2.75, 3.05) is 59.5 Å². The minimum atomic E-state index is -0.403. The van der Waals surface area contributed by atoms with Gasteiger partial charge in [-0.25, -0.2) is 0 Å². The van der Waals surface area contributed by atoms with Crippen molar-refractivity contribution >= 4 is 0 Å². The van der Waals surface area contributed by atoms with Crippen molar-refractivity contribution in [1.82, 2.24) is 0 Å². The third-order valence-corrected chi connectivity index (χ3v) is 11.4. The molecule has 6 rings (SSSR count). The summed E-state index contributed by atoms with van der Waals surface area (Å²) in [5.41, 5.74) is 3.68. The lowest BCUT2D eigenvalue weighted by molar-refractivity contribution is -0.133. The molecule has 0 saturated carbocycles. The van der Waals surface area contributed by atoms with Crippen LogP contribution in [0, 0.1) is 16.2 Å². The van der Waals surface area contributed by atoms with Gasteiger partial charge in [0.05, 0.1) is 57.1 Å². The molecule has 0 N–H and O–H groups in total. The van der Waals surface area contributed by atoms with Gasteiger partial charge in [-0.1, -0.05) is 57.2 Å². The van der Waals surface area contributed by atoms with Crippen LogP contribution in [-0.2, 0) is 19.6 Å². The largest absolute Gasteiger partial charge is 0.493 e. The van der Waals surface area contributed by atoms with Crippen LogP contribution in [0.15, 0.2) is 72.8 Å². The smallest absolute Gasteiger partial charge is 0.119 e. The molecular weight excluding hydrogens is 576 g/mol. The maximum atomic E-state index is 6.40. The number of hydrogen-bond acceptors (Lipinski definition) is 6. The fraction of sp³-hybridized carbons (Fsp3) is 0.550. The zero-order valence-corrected chi connectivity index (χ0v) is 28.3. The summed E-state index contributed by atoms with van der Waals surface area (Å²) in [6.07, 6.45) is 5.33. The van der Waals surface area contributed by atoms with E-state index in [9.17, 15) is 0 Å². The molecule has 3 saturated heterocycles. The number of rotatable bonds is 15. The summed E-state index contributed by atoms with van der Waals surface area (Å²) in [5.74, 6) is 2.69. The average molecular weight is 629 g/mol. The Morgan fingerprint density at radius 3 is 1.11 bits per heavy atom. The zero-order chi connectivity index (χ0) is 32.1. The molecule has 0 atom stereocenters. The molecule has 0 spiro atoms. The predicted octanol–water partition coefficient (Wildman–Crippen LogP) is 8.24. The molecule has 0 radical (unpaired) electrons. The van der Waals surface area contributed by atoms with Crippen molar-refractivity contribution in [2.45, 2.75) is 65.2 Å². The van der Waals surface area contributed by atoms with E-state index < -0.39 is 5.41 Å². The maximum absolute atomic E-state index is 6.40. The van der Waals surface area contributed by atoms with Gasteiger partial charge in [0.15, 0.2) is 0 Å². The Morgan fingerprint density at radius 1 is 0.500 bits per heavy atom. The van der Waals surface area contributed by atoms with Gasteiger partial charge in [0.25, 0.3) is 0 Å². The van der Waals surface area contributed by atoms with E-state index in [1.54, 1.807) is 0 Å². The molecule has 0 bridgehead atoms. The van der Waals surface area contributed by atoms with Gasteiger partial charge in [-0.05, 0) is 92.1 Å². The summed E-state index contributed by atoms with van der Waals surface area (Å²) in [5, 5.41) is 0. The van der Waals surface area contributed by atoms with Crippen LogP contribution in [0.25, 0.3) is 0 Å². The normalized spacial score (nSPS) is 19.8. The molecule has 0 amide bonds. The highest BCUT2D eigenvalue weighted by atomic mass is 16.5. The molecule has 3 fully saturated rings. The molecule has 3 heterocycles. The summed E-state index contributed by atoms with van der Waals surface area (Å²) in [4.78, 5) is 0. The summed E-state index contributed by atoms with van der Waals surface area (Å²) in [6.45, 7) is 15.8. The van der Waals surface area contributed by atoms with Gasteiger partial charge >= 0.3 is 0 Å². The molecule has 0 aromatic heterocycles. The SMILES string of the molecule is CCC1(COc2ccc(C(C)(c3ccc(OCC4(CC)COC4)cc3)c3ccc(OCC4(CC)COC4)cc3)cc2)CCOCC1. The Morgan fingerprint density at radius 2 is 0.826 bits per heavy atom. The van der Waals surface area contributed by atoms with Gasteiger partial charge in [-0.2, -0.15) is 0 Å². The third-order valence-electron chi connectivity index (χ3n) is 11.4. The van der Waals surface area contributed by atoms with E-state index in [2.05, 4.69) is 100 Å². The van der Waals surface area contributed by atoms with Crippen molar-refractivity contribution < 1.29 is 28.4 Å². The van der Waals surface area contributed by atoms with Gasteiger partial charge < -0.3 is 28.4 Å². The Hall–Kier alpha value is -3.06. The molecule has 248 valence electrons. The maximum Gasteiger partial charge on any atom is 0.119 e. The van der Waals surface area contributed by atoms with E-state index in [0.717, 1.165) is 95.6 Å². The molecule has 46 heavy (non-hydrogen) atoms. The van der Waals surface area contributed by atoms with Crippen molar-refractivity contribution in [2.24, 2.45) is 16.2 Å². The summed E-state index contributed by atoms with van der Waals surface area (Å²) in [6, 6.07) is 25.9. The molecule has 3 aromatic rings. The van der Waals surface area contributed by atoms with Crippen LogP contribution in [0.4, 0.5) is 0 Å². The molecule has 6 nitrogen and oxygen atoms in total. The monoisotopic (exact) mass is 628 g/mol. The second-order valence-electron chi connectivity index (χ2n) is 14.2. The molecule has 3 aliphatic heterocycles. The molecule has 3 aliphatic rings. The van der Waals surface area contributed by atoms with E-state index in [1.165, 1.54) is 16.7 Å². The third kappa shape index (κ3) is 6.81. The van der Waals surface area contributed by atoms with Crippen LogP contribution >= 0.6 is 0 Å². The average Bonchev–Trinajstić information content (AvgIpc) is 3.08. The Labute approximate surface area is 275 Å². The highest BCUT2D eigenvalue weighted by molar-refractivity contribution is 5.52. The molecule has 0 aliphatic carbocycles. The highest BCUT2D eigenvalue weighted by Gasteiger charge is 2.39. The number of ether oxygens (including phenoxy) is 6. The fourth-order valence-corrected chi connectivity index (χ4v) is 6.83. The first-order chi connectivity index (χ1) is 22.4.